The van der Waals surface area contributed by atoms with E-state index in [0.717, 1.165) is 57.8 Å². The zero-order valence-electron chi connectivity index (χ0n) is 31.2. The summed E-state index contributed by atoms with van der Waals surface area (Å²) in [6, 6.07) is -3.37. The Morgan fingerprint density at radius 1 is 0.902 bits per heavy atom. The molecule has 1 unspecified atom stereocenters. The molecular weight excluding hydrogens is 671 g/mol. The normalized spacial score (nSPS) is 29.7. The van der Waals surface area contributed by atoms with Crippen LogP contribution >= 0.6 is 0 Å². The molecular formula is C38H61N5O7S. The van der Waals surface area contributed by atoms with Gasteiger partial charge in [0.25, 0.3) is 5.91 Å². The van der Waals surface area contributed by atoms with Crippen molar-refractivity contribution in [1.29, 1.82) is 0 Å². The molecule has 2 aliphatic heterocycles. The third-order valence-corrected chi connectivity index (χ3v) is 15.5. The fourth-order valence-corrected chi connectivity index (χ4v) is 12.5. The van der Waals surface area contributed by atoms with Crippen LogP contribution in [-0.2, 0) is 29.0 Å². The molecule has 0 aromatic carbocycles. The lowest BCUT2D eigenvalue weighted by atomic mass is 9.70. The van der Waals surface area contributed by atoms with Crippen molar-refractivity contribution in [2.45, 2.75) is 153 Å². The van der Waals surface area contributed by atoms with E-state index in [9.17, 15) is 32.4 Å². The van der Waals surface area contributed by atoms with Crippen LogP contribution in [0.1, 0.15) is 124 Å². The minimum Gasteiger partial charge on any atom is -0.346 e. The maximum absolute atomic E-state index is 14.9. The van der Waals surface area contributed by atoms with E-state index in [0.29, 0.717) is 38.6 Å². The largest absolute Gasteiger partial charge is 0.346 e. The molecule has 2 heterocycles. The Morgan fingerprint density at radius 3 is 2.16 bits per heavy atom. The number of sulfone groups is 1. The van der Waals surface area contributed by atoms with Crippen molar-refractivity contribution in [1.82, 2.24) is 26.2 Å². The van der Waals surface area contributed by atoms with Crippen LogP contribution in [0.25, 0.3) is 0 Å². The number of hydrogen-bond donors (Lipinski definition) is 4. The summed E-state index contributed by atoms with van der Waals surface area (Å²) >= 11 is 0. The minimum atomic E-state index is -3.39. The SMILES string of the molecule is C=CCNC(=O)C(=O)[C@H](CCC)NC(=O)[C@@H]1[C@@H]2[C@H](CN1C(=O)[C@@H](NC(=O)NC1(C3CCCCS3(=O)=O)CCCCC1)C1(C)CCCCC1)C2(C)C. The number of fused-ring (bicyclic) bond motifs is 1. The van der Waals surface area contributed by atoms with Crippen molar-refractivity contribution in [3.05, 3.63) is 12.7 Å². The fourth-order valence-electron chi connectivity index (χ4n) is 10.1. The lowest BCUT2D eigenvalue weighted by Gasteiger charge is -2.46. The molecule has 3 aliphatic carbocycles. The highest BCUT2D eigenvalue weighted by atomic mass is 32.2. The number of urea groups is 1. The Morgan fingerprint density at radius 2 is 1.55 bits per heavy atom. The molecule has 3 saturated carbocycles. The first-order valence-electron chi connectivity index (χ1n) is 19.5. The van der Waals surface area contributed by atoms with Gasteiger partial charge in [0.2, 0.25) is 17.6 Å². The molecule has 5 amide bonds. The van der Waals surface area contributed by atoms with Gasteiger partial charge in [-0.15, -0.1) is 6.58 Å². The number of carbonyl (C=O) groups excluding carboxylic acids is 5. The molecule has 5 rings (SSSR count). The number of nitrogens with one attached hydrogen (secondary N) is 4. The van der Waals surface area contributed by atoms with Crippen LogP contribution in [0.2, 0.25) is 0 Å². The van der Waals surface area contributed by atoms with Crippen molar-refractivity contribution >= 4 is 39.4 Å². The van der Waals surface area contributed by atoms with Crippen LogP contribution in [0.4, 0.5) is 4.79 Å². The molecule has 0 aromatic heterocycles. The molecule has 0 spiro atoms. The molecule has 4 N–H and O–H groups in total. The van der Waals surface area contributed by atoms with Gasteiger partial charge in [-0.05, 0) is 67.6 Å². The summed E-state index contributed by atoms with van der Waals surface area (Å²) in [5.41, 5.74) is -1.65. The number of likely N-dealkylation sites (tertiary alicyclic amines) is 1. The summed E-state index contributed by atoms with van der Waals surface area (Å²) in [5, 5.41) is 10.9. The van der Waals surface area contributed by atoms with Gasteiger partial charge in [0.15, 0.2) is 9.84 Å². The number of ketones is 1. The number of nitrogens with zero attached hydrogens (tertiary/aromatic N) is 1. The first-order chi connectivity index (χ1) is 24.1. The molecule has 2 saturated heterocycles. The average molecular weight is 732 g/mol. The van der Waals surface area contributed by atoms with Gasteiger partial charge in [-0.1, -0.05) is 85.1 Å². The highest BCUT2D eigenvalue weighted by Gasteiger charge is 2.70. The highest BCUT2D eigenvalue weighted by molar-refractivity contribution is 7.92. The zero-order valence-corrected chi connectivity index (χ0v) is 32.0. The van der Waals surface area contributed by atoms with Crippen molar-refractivity contribution in [2.24, 2.45) is 22.7 Å². The predicted molar refractivity (Wildman–Crippen MR) is 195 cm³/mol. The van der Waals surface area contributed by atoms with Crippen molar-refractivity contribution < 1.29 is 32.4 Å². The standard InChI is InChI=1S/C38H61N5O7S/c1-6-16-26(30(44)33(46)39-22-7-2)40-32(45)29-28-25(36(28,3)4)24-43(29)34(47)31(37(5)18-11-8-12-19-37)41-35(48)42-38(20-13-9-14-21-38)27-17-10-15-23-51(27,49)50/h7,25-29,31H,2,6,8-24H2,1,3-5H3,(H,39,46)(H,40,45)(H2,41,42,48)/t25-,26-,27?,28-,29-,31+/m0/s1. The van der Waals surface area contributed by atoms with Gasteiger partial charge in [0.05, 0.1) is 22.6 Å². The predicted octanol–water partition coefficient (Wildman–Crippen LogP) is 3.93. The number of piperidine rings is 1. The van der Waals surface area contributed by atoms with Gasteiger partial charge in [0, 0.05) is 13.1 Å². The quantitative estimate of drug-likeness (QED) is 0.164. The second kappa shape index (κ2) is 15.6. The van der Waals surface area contributed by atoms with Crippen LogP contribution in [0, 0.1) is 22.7 Å². The zero-order chi connectivity index (χ0) is 37.2. The Kier molecular flexibility index (Phi) is 12.0. The van der Waals surface area contributed by atoms with Gasteiger partial charge in [-0.3, -0.25) is 19.2 Å². The third-order valence-electron chi connectivity index (χ3n) is 13.1. The van der Waals surface area contributed by atoms with Crippen molar-refractivity contribution in [3.63, 3.8) is 0 Å². The summed E-state index contributed by atoms with van der Waals surface area (Å²) in [5.74, 6) is -2.27. The Hall–Kier alpha value is -2.96. The van der Waals surface area contributed by atoms with Gasteiger partial charge >= 0.3 is 6.03 Å². The number of Topliss-reactive ketones (excluding diaryl/α,β-unsaturated/α-hetero) is 1. The second-order valence-corrected chi connectivity index (χ2v) is 19.2. The summed E-state index contributed by atoms with van der Waals surface area (Å²) in [7, 11) is -3.39. The van der Waals surface area contributed by atoms with Gasteiger partial charge < -0.3 is 26.2 Å². The average Bonchev–Trinajstić information content (AvgIpc) is 3.39. The Labute approximate surface area is 304 Å². The topological polar surface area (TPSA) is 171 Å². The maximum atomic E-state index is 14.9. The monoisotopic (exact) mass is 731 g/mol. The minimum absolute atomic E-state index is 0.0732. The lowest BCUT2D eigenvalue weighted by molar-refractivity contribution is -0.146. The van der Waals surface area contributed by atoms with Gasteiger partial charge in [-0.2, -0.15) is 0 Å². The summed E-state index contributed by atoms with van der Waals surface area (Å²) in [4.78, 5) is 70.5. The molecule has 13 heteroatoms. The van der Waals surface area contributed by atoms with Crippen LogP contribution in [0.3, 0.4) is 0 Å². The summed E-state index contributed by atoms with van der Waals surface area (Å²) in [6.45, 7) is 12.1. The van der Waals surface area contributed by atoms with E-state index >= 15 is 0 Å². The summed E-state index contributed by atoms with van der Waals surface area (Å²) < 4.78 is 26.8. The van der Waals surface area contributed by atoms with E-state index in [1.165, 1.54) is 6.08 Å². The first-order valence-corrected chi connectivity index (χ1v) is 21.2. The Bertz CT molecular complexity index is 1470. The molecule has 5 fully saturated rings. The van der Waals surface area contributed by atoms with Gasteiger partial charge in [0.1, 0.15) is 12.1 Å². The van der Waals surface area contributed by atoms with Crippen LogP contribution in [-0.4, -0.2) is 90.6 Å². The molecule has 0 aromatic rings. The van der Waals surface area contributed by atoms with E-state index in [1.807, 2.05) is 13.8 Å². The van der Waals surface area contributed by atoms with E-state index < -0.39 is 67.8 Å². The smallest absolute Gasteiger partial charge is 0.315 e. The van der Waals surface area contributed by atoms with Crippen LogP contribution in [0.15, 0.2) is 12.7 Å². The van der Waals surface area contributed by atoms with E-state index in [1.54, 1.807) is 4.90 Å². The number of carbonyl (C=O) groups is 5. The van der Waals surface area contributed by atoms with Crippen LogP contribution < -0.4 is 21.3 Å². The summed E-state index contributed by atoms with van der Waals surface area (Å²) in [6.07, 6.45) is 12.3. The molecule has 0 radical (unpaired) electrons. The van der Waals surface area contributed by atoms with E-state index in [2.05, 4.69) is 41.7 Å². The number of hydrogen-bond acceptors (Lipinski definition) is 7. The van der Waals surface area contributed by atoms with Crippen LogP contribution in [0.5, 0.6) is 0 Å². The van der Waals surface area contributed by atoms with Crippen molar-refractivity contribution in [3.8, 4) is 0 Å². The molecule has 5 aliphatic rings. The molecule has 12 nitrogen and oxygen atoms in total. The second-order valence-electron chi connectivity index (χ2n) is 16.9. The van der Waals surface area contributed by atoms with E-state index in [4.69, 9.17) is 0 Å². The highest BCUT2D eigenvalue weighted by Crippen LogP contribution is 2.65. The first kappa shape index (κ1) is 39.3. The number of rotatable bonds is 13. The molecule has 51 heavy (non-hydrogen) atoms. The lowest BCUT2D eigenvalue weighted by Crippen LogP contribution is -2.66. The third kappa shape index (κ3) is 8.03. The molecule has 286 valence electrons. The van der Waals surface area contributed by atoms with E-state index in [-0.39, 0.29) is 41.9 Å². The Balaban J connectivity index is 1.40. The number of amides is 5. The molecule has 6 atom stereocenters. The maximum Gasteiger partial charge on any atom is 0.315 e. The van der Waals surface area contributed by atoms with Crippen molar-refractivity contribution in [2.75, 3.05) is 18.8 Å². The fraction of sp³-hybridized carbons (Fsp3) is 0.816. The van der Waals surface area contributed by atoms with Gasteiger partial charge in [-0.25, -0.2) is 13.2 Å². The molecule has 0 bridgehead atoms.